The topological polar surface area (TPSA) is 69.6 Å². The lowest BCUT2D eigenvalue weighted by atomic mass is 10.3. The van der Waals surface area contributed by atoms with Crippen LogP contribution in [0.4, 0.5) is 5.69 Å². The van der Waals surface area contributed by atoms with Crippen molar-refractivity contribution in [1.82, 2.24) is 9.38 Å². The van der Waals surface area contributed by atoms with E-state index in [1.54, 1.807) is 36.2 Å². The predicted molar refractivity (Wildman–Crippen MR) is 102 cm³/mol. The molecule has 0 aliphatic carbocycles. The predicted octanol–water partition coefficient (Wildman–Crippen LogP) is 4.46. The van der Waals surface area contributed by atoms with E-state index in [2.05, 4.69) is 23.2 Å². The van der Waals surface area contributed by atoms with Gasteiger partial charge in [0.05, 0.1) is 16.8 Å². The van der Waals surface area contributed by atoms with E-state index in [1.807, 2.05) is 28.7 Å². The number of nitrogens with two attached hydrogens (primary N) is 1. The molecule has 2 heterocycles. The molecule has 4 aromatic rings. The number of nitrogen functional groups attached to an aromatic ring is 1. The third-order valence-corrected chi connectivity index (χ3v) is 5.68. The van der Waals surface area contributed by atoms with Crippen molar-refractivity contribution in [3.8, 4) is 0 Å². The number of carbonyl (C=O) groups excluding carboxylic acids is 1. The highest BCUT2D eigenvalue weighted by Gasteiger charge is 2.15. The molecule has 7 heteroatoms. The fourth-order valence-corrected chi connectivity index (χ4v) is 4.50. The molecule has 2 aromatic heterocycles. The molecule has 0 aliphatic rings. The van der Waals surface area contributed by atoms with Crippen LogP contribution in [0.25, 0.3) is 15.2 Å². The van der Waals surface area contributed by atoms with E-state index in [-0.39, 0.29) is 5.97 Å². The largest absolute Gasteiger partial charge is 0.461 e. The summed E-state index contributed by atoms with van der Waals surface area (Å²) in [5.41, 5.74) is 7.86. The first-order valence-corrected chi connectivity index (χ1v) is 9.39. The number of aromatic nitrogens is 2. The first-order chi connectivity index (χ1) is 12.1. The van der Waals surface area contributed by atoms with Gasteiger partial charge in [-0.3, -0.25) is 4.40 Å². The number of thiazole rings is 1. The van der Waals surface area contributed by atoms with Crippen LogP contribution in [0.1, 0.15) is 17.4 Å². The van der Waals surface area contributed by atoms with Crippen molar-refractivity contribution in [1.29, 1.82) is 0 Å². The summed E-state index contributed by atoms with van der Waals surface area (Å²) < 4.78 is 8.07. The zero-order valence-corrected chi connectivity index (χ0v) is 15.1. The number of nitrogens with zero attached hydrogens (tertiary/aromatic N) is 2. The van der Waals surface area contributed by atoms with Gasteiger partial charge in [-0.05, 0) is 49.4 Å². The number of carbonyl (C=O) groups is 1. The van der Waals surface area contributed by atoms with Crippen molar-refractivity contribution in [3.63, 3.8) is 0 Å². The molecule has 0 saturated heterocycles. The second-order valence-corrected chi connectivity index (χ2v) is 7.56. The molecule has 0 spiro atoms. The minimum Gasteiger partial charge on any atom is -0.461 e. The Morgan fingerprint density at radius 3 is 2.76 bits per heavy atom. The van der Waals surface area contributed by atoms with Gasteiger partial charge in [0, 0.05) is 21.7 Å². The summed E-state index contributed by atoms with van der Waals surface area (Å²) in [5, 5.41) is 0. The van der Waals surface area contributed by atoms with Crippen molar-refractivity contribution in [2.75, 3.05) is 12.3 Å². The lowest BCUT2D eigenvalue weighted by Crippen LogP contribution is -2.04. The number of benzene rings is 2. The lowest BCUT2D eigenvalue weighted by molar-refractivity contribution is 0.0520. The first-order valence-electron chi connectivity index (χ1n) is 7.76. The van der Waals surface area contributed by atoms with Crippen LogP contribution in [0.5, 0.6) is 0 Å². The zero-order valence-electron chi connectivity index (χ0n) is 13.4. The summed E-state index contributed by atoms with van der Waals surface area (Å²) in [5.74, 6) is -0.387. The highest BCUT2D eigenvalue weighted by Crippen LogP contribution is 2.34. The molecule has 5 nitrogen and oxygen atoms in total. The molecule has 0 amide bonds. The van der Waals surface area contributed by atoms with Crippen LogP contribution in [-0.4, -0.2) is 22.0 Å². The molecule has 0 aliphatic heterocycles. The average Bonchev–Trinajstić information content (AvgIpc) is 3.14. The molecule has 4 rings (SSSR count). The molecule has 25 heavy (non-hydrogen) atoms. The molecule has 0 bridgehead atoms. The Bertz CT molecular complexity index is 1070. The summed E-state index contributed by atoms with van der Waals surface area (Å²) >= 11 is 3.24. The number of anilines is 1. The summed E-state index contributed by atoms with van der Waals surface area (Å²) in [7, 11) is 0. The van der Waals surface area contributed by atoms with Gasteiger partial charge in [0.25, 0.3) is 0 Å². The number of esters is 1. The highest BCUT2D eigenvalue weighted by atomic mass is 32.2. The Kier molecular flexibility index (Phi) is 4.10. The SMILES string of the molecule is CCOC(=O)c1cn2c(n1)sc1cc(Sc3ccc(N)cc3)ccc12. The van der Waals surface area contributed by atoms with Crippen LogP contribution in [-0.2, 0) is 4.74 Å². The number of imidazole rings is 1. The Labute approximate surface area is 152 Å². The Morgan fingerprint density at radius 2 is 2.00 bits per heavy atom. The Hall–Kier alpha value is -2.51. The van der Waals surface area contributed by atoms with Crippen LogP contribution in [0.3, 0.4) is 0 Å². The van der Waals surface area contributed by atoms with Crippen LogP contribution in [0, 0.1) is 0 Å². The van der Waals surface area contributed by atoms with Crippen molar-refractivity contribution < 1.29 is 9.53 Å². The van der Waals surface area contributed by atoms with E-state index in [0.717, 1.165) is 30.7 Å². The van der Waals surface area contributed by atoms with Crippen LogP contribution < -0.4 is 5.73 Å². The average molecular weight is 369 g/mol. The van der Waals surface area contributed by atoms with Gasteiger partial charge < -0.3 is 10.5 Å². The van der Waals surface area contributed by atoms with Crippen molar-refractivity contribution in [2.45, 2.75) is 16.7 Å². The fraction of sp³-hybridized carbons (Fsp3) is 0.111. The van der Waals surface area contributed by atoms with Crippen LogP contribution >= 0.6 is 23.1 Å². The zero-order chi connectivity index (χ0) is 17.4. The fourth-order valence-electron chi connectivity index (χ4n) is 2.52. The highest BCUT2D eigenvalue weighted by molar-refractivity contribution is 7.99. The minimum absolute atomic E-state index is 0.343. The number of ether oxygens (including phenoxy) is 1. The standard InChI is InChI=1S/C18H15N3O2S2/c1-2-23-17(22)14-10-21-15-8-7-13(9-16(15)25-18(21)20-14)24-12-5-3-11(19)4-6-12/h3-10H,2,19H2,1H3. The van der Waals surface area contributed by atoms with E-state index < -0.39 is 0 Å². The monoisotopic (exact) mass is 369 g/mol. The van der Waals surface area contributed by atoms with Gasteiger partial charge in [-0.2, -0.15) is 0 Å². The molecular weight excluding hydrogens is 354 g/mol. The van der Waals surface area contributed by atoms with Gasteiger partial charge in [0.2, 0.25) is 0 Å². The minimum atomic E-state index is -0.387. The maximum Gasteiger partial charge on any atom is 0.358 e. The van der Waals surface area contributed by atoms with Gasteiger partial charge >= 0.3 is 5.97 Å². The van der Waals surface area contributed by atoms with Gasteiger partial charge in [-0.25, -0.2) is 9.78 Å². The van der Waals surface area contributed by atoms with Crippen LogP contribution in [0.15, 0.2) is 58.5 Å². The molecule has 2 aromatic carbocycles. The van der Waals surface area contributed by atoms with Crippen molar-refractivity contribution >= 4 is 49.9 Å². The normalized spacial score (nSPS) is 11.2. The summed E-state index contributed by atoms with van der Waals surface area (Å²) in [4.78, 5) is 19.3. The second-order valence-electron chi connectivity index (χ2n) is 5.40. The van der Waals surface area contributed by atoms with Gasteiger partial charge in [-0.15, -0.1) is 0 Å². The molecule has 2 N–H and O–H groups in total. The molecular formula is C18H15N3O2S2. The van der Waals surface area contributed by atoms with Crippen molar-refractivity contribution in [3.05, 3.63) is 54.4 Å². The molecule has 0 radical (unpaired) electrons. The van der Waals surface area contributed by atoms with E-state index >= 15 is 0 Å². The maximum atomic E-state index is 11.8. The molecule has 0 fully saturated rings. The Balaban J connectivity index is 1.67. The van der Waals surface area contributed by atoms with Crippen LogP contribution in [0.2, 0.25) is 0 Å². The summed E-state index contributed by atoms with van der Waals surface area (Å²) in [6.07, 6.45) is 1.74. The smallest absolute Gasteiger partial charge is 0.358 e. The van der Waals surface area contributed by atoms with E-state index in [9.17, 15) is 4.79 Å². The maximum absolute atomic E-state index is 11.8. The third-order valence-electron chi connectivity index (χ3n) is 3.67. The number of hydrogen-bond acceptors (Lipinski definition) is 6. The molecule has 126 valence electrons. The Morgan fingerprint density at radius 1 is 1.24 bits per heavy atom. The summed E-state index contributed by atoms with van der Waals surface area (Å²) in [6, 6.07) is 14.1. The first kappa shape index (κ1) is 16.0. The number of fused-ring (bicyclic) bond motifs is 3. The van der Waals surface area contributed by atoms with Crippen molar-refractivity contribution in [2.24, 2.45) is 0 Å². The van der Waals surface area contributed by atoms with Gasteiger partial charge in [-0.1, -0.05) is 23.1 Å². The van der Waals surface area contributed by atoms with E-state index in [1.165, 1.54) is 0 Å². The molecule has 0 saturated carbocycles. The molecule has 0 atom stereocenters. The third kappa shape index (κ3) is 3.08. The quantitative estimate of drug-likeness (QED) is 0.425. The lowest BCUT2D eigenvalue weighted by Gasteiger charge is -2.02. The van der Waals surface area contributed by atoms with Gasteiger partial charge in [0.15, 0.2) is 10.7 Å². The van der Waals surface area contributed by atoms with E-state index in [4.69, 9.17) is 10.5 Å². The summed E-state index contributed by atoms with van der Waals surface area (Å²) in [6.45, 7) is 2.13. The van der Waals surface area contributed by atoms with E-state index in [0.29, 0.717) is 12.3 Å². The molecule has 0 unspecified atom stereocenters. The van der Waals surface area contributed by atoms with Gasteiger partial charge in [0.1, 0.15) is 0 Å². The second kappa shape index (κ2) is 6.42. The number of rotatable bonds is 4. The number of hydrogen-bond donors (Lipinski definition) is 1.